The molecule has 0 aliphatic rings. The van der Waals surface area contributed by atoms with Gasteiger partial charge in [-0.3, -0.25) is 9.59 Å². The number of carbonyl (C=O) groups is 2. The van der Waals surface area contributed by atoms with Gasteiger partial charge in [-0.2, -0.15) is 0 Å². The van der Waals surface area contributed by atoms with Crippen LogP contribution in [0.1, 0.15) is 21.8 Å². The second-order valence-corrected chi connectivity index (χ2v) is 5.08. The summed E-state index contributed by atoms with van der Waals surface area (Å²) in [6.07, 6.45) is 0. The fourth-order valence-corrected chi connectivity index (χ4v) is 2.15. The molecule has 2 aromatic rings. The van der Waals surface area contributed by atoms with Crippen molar-refractivity contribution in [3.63, 3.8) is 0 Å². The molecule has 23 heavy (non-hydrogen) atoms. The molecule has 7 nitrogen and oxygen atoms in total. The molecular weight excluding hydrogens is 305 g/mol. The second-order valence-electron chi connectivity index (χ2n) is 5.08. The molecular formula is C15H16FN3O4. The number of nitrogens with two attached hydrogens (primary N) is 1. The molecule has 0 unspecified atom stereocenters. The maximum absolute atomic E-state index is 13.8. The summed E-state index contributed by atoms with van der Waals surface area (Å²) in [5.74, 6) is -1.95. The average Bonchev–Trinajstić information content (AvgIpc) is 2.82. The first-order valence-electron chi connectivity index (χ1n) is 6.80. The first kappa shape index (κ1) is 16.6. The van der Waals surface area contributed by atoms with Crippen LogP contribution >= 0.6 is 0 Å². The van der Waals surface area contributed by atoms with E-state index in [1.54, 1.807) is 13.8 Å². The summed E-state index contributed by atoms with van der Waals surface area (Å²) in [4.78, 5) is 22.7. The number of rotatable bonds is 5. The Hall–Kier alpha value is -2.74. The van der Waals surface area contributed by atoms with Gasteiger partial charge in [-0.25, -0.2) is 4.39 Å². The average molecular weight is 321 g/mol. The van der Waals surface area contributed by atoms with E-state index in [0.29, 0.717) is 22.6 Å². The Bertz CT molecular complexity index is 738. The van der Waals surface area contributed by atoms with Crippen molar-refractivity contribution in [3.05, 3.63) is 41.0 Å². The number of amides is 1. The summed E-state index contributed by atoms with van der Waals surface area (Å²) in [5, 5.41) is 14.8. The molecule has 1 amide bonds. The molecule has 0 fully saturated rings. The van der Waals surface area contributed by atoms with Crippen molar-refractivity contribution in [2.45, 2.75) is 19.9 Å². The van der Waals surface area contributed by atoms with E-state index in [1.807, 2.05) is 0 Å². The molecule has 1 heterocycles. The van der Waals surface area contributed by atoms with Gasteiger partial charge >= 0.3 is 5.97 Å². The van der Waals surface area contributed by atoms with Gasteiger partial charge in [0.15, 0.2) is 0 Å². The van der Waals surface area contributed by atoms with Crippen molar-refractivity contribution in [3.8, 4) is 11.1 Å². The molecule has 4 N–H and O–H groups in total. The Labute approximate surface area is 131 Å². The fourth-order valence-electron chi connectivity index (χ4n) is 2.15. The van der Waals surface area contributed by atoms with E-state index in [9.17, 15) is 14.0 Å². The van der Waals surface area contributed by atoms with Gasteiger partial charge in [0.25, 0.3) is 5.91 Å². The van der Waals surface area contributed by atoms with Crippen LogP contribution in [0.3, 0.4) is 0 Å². The molecule has 0 bridgehead atoms. The highest BCUT2D eigenvalue weighted by Crippen LogP contribution is 2.28. The number of aryl methyl sites for hydroxylation is 2. The Morgan fingerprint density at radius 2 is 2.09 bits per heavy atom. The number of carboxylic acid groups (broad SMARTS) is 1. The van der Waals surface area contributed by atoms with E-state index in [2.05, 4.69) is 10.5 Å². The van der Waals surface area contributed by atoms with Gasteiger partial charge in [-0.15, -0.1) is 0 Å². The predicted octanol–water partition coefficient (Wildman–Crippen LogP) is 1.24. The lowest BCUT2D eigenvalue weighted by atomic mass is 10.0. The molecule has 0 aliphatic heterocycles. The van der Waals surface area contributed by atoms with Gasteiger partial charge in [0.05, 0.1) is 5.69 Å². The van der Waals surface area contributed by atoms with Crippen molar-refractivity contribution < 1.29 is 23.6 Å². The summed E-state index contributed by atoms with van der Waals surface area (Å²) in [5.41, 5.74) is 7.00. The molecule has 8 heteroatoms. The summed E-state index contributed by atoms with van der Waals surface area (Å²) in [6.45, 7) is 3.14. The van der Waals surface area contributed by atoms with Gasteiger partial charge in [0.2, 0.25) is 0 Å². The Kier molecular flexibility index (Phi) is 4.75. The minimum atomic E-state index is -1.24. The number of nitrogens with zero attached hydrogens (tertiary/aromatic N) is 1. The number of benzene rings is 1. The van der Waals surface area contributed by atoms with E-state index >= 15 is 0 Å². The summed E-state index contributed by atoms with van der Waals surface area (Å²) < 4.78 is 18.9. The van der Waals surface area contributed by atoms with Gasteiger partial charge in [0.1, 0.15) is 17.6 Å². The fraction of sp³-hybridized carbons (Fsp3) is 0.267. The number of hydrogen-bond acceptors (Lipinski definition) is 5. The Morgan fingerprint density at radius 3 is 2.65 bits per heavy atom. The molecule has 0 saturated heterocycles. The summed E-state index contributed by atoms with van der Waals surface area (Å²) in [6, 6.07) is 2.59. The standard InChI is InChI=1S/C15H16FN3O4/c1-7-13(8(2)23-19-7)9-3-10(5-11(16)4-9)14(20)18-6-12(17)15(21)22/h3-5,12H,6,17H2,1-2H3,(H,18,20)(H,21,22)/t12-/m1/s1. The van der Waals surface area contributed by atoms with Crippen LogP contribution in [-0.2, 0) is 4.79 Å². The monoisotopic (exact) mass is 321 g/mol. The number of hydrogen-bond donors (Lipinski definition) is 3. The van der Waals surface area contributed by atoms with Crippen molar-refractivity contribution in [1.29, 1.82) is 0 Å². The van der Waals surface area contributed by atoms with Crippen molar-refractivity contribution >= 4 is 11.9 Å². The van der Waals surface area contributed by atoms with E-state index < -0.39 is 23.7 Å². The minimum Gasteiger partial charge on any atom is -0.480 e. The van der Waals surface area contributed by atoms with Crippen LogP contribution in [0.2, 0.25) is 0 Å². The third-order valence-electron chi connectivity index (χ3n) is 3.28. The Morgan fingerprint density at radius 1 is 1.39 bits per heavy atom. The third-order valence-corrected chi connectivity index (χ3v) is 3.28. The van der Waals surface area contributed by atoms with Crippen LogP contribution in [0.5, 0.6) is 0 Å². The highest BCUT2D eigenvalue weighted by Gasteiger charge is 2.17. The van der Waals surface area contributed by atoms with Gasteiger partial charge in [0, 0.05) is 17.7 Å². The molecule has 1 atom stereocenters. The van der Waals surface area contributed by atoms with Crippen molar-refractivity contribution in [1.82, 2.24) is 10.5 Å². The van der Waals surface area contributed by atoms with Crippen molar-refractivity contribution in [2.75, 3.05) is 6.54 Å². The van der Waals surface area contributed by atoms with Crippen molar-refractivity contribution in [2.24, 2.45) is 5.73 Å². The molecule has 1 aromatic heterocycles. The van der Waals surface area contributed by atoms with Crippen LogP contribution in [0.25, 0.3) is 11.1 Å². The van der Waals surface area contributed by atoms with Crippen LogP contribution in [-0.4, -0.2) is 34.7 Å². The molecule has 0 radical (unpaired) electrons. The zero-order valence-electron chi connectivity index (χ0n) is 12.6. The number of carbonyl (C=O) groups excluding carboxylic acids is 1. The number of nitrogens with one attached hydrogen (secondary N) is 1. The smallest absolute Gasteiger partial charge is 0.322 e. The topological polar surface area (TPSA) is 118 Å². The number of halogens is 1. The molecule has 122 valence electrons. The Balaban J connectivity index is 2.27. The highest BCUT2D eigenvalue weighted by atomic mass is 19.1. The molecule has 0 aliphatic carbocycles. The van der Waals surface area contributed by atoms with E-state index in [0.717, 1.165) is 6.07 Å². The first-order chi connectivity index (χ1) is 10.8. The zero-order chi connectivity index (χ0) is 17.1. The quantitative estimate of drug-likeness (QED) is 0.762. The largest absolute Gasteiger partial charge is 0.480 e. The van der Waals surface area contributed by atoms with Crippen LogP contribution in [0.15, 0.2) is 22.7 Å². The lowest BCUT2D eigenvalue weighted by Gasteiger charge is -2.10. The lowest BCUT2D eigenvalue weighted by molar-refractivity contribution is -0.138. The SMILES string of the molecule is Cc1noc(C)c1-c1cc(F)cc(C(=O)NC[C@@H](N)C(=O)O)c1. The van der Waals surface area contributed by atoms with Gasteiger partial charge in [-0.05, 0) is 37.6 Å². The number of carboxylic acids is 1. The van der Waals surface area contributed by atoms with Gasteiger partial charge < -0.3 is 20.7 Å². The highest BCUT2D eigenvalue weighted by molar-refractivity contribution is 5.96. The van der Waals surface area contributed by atoms with E-state index in [1.165, 1.54) is 12.1 Å². The van der Waals surface area contributed by atoms with Crippen LogP contribution < -0.4 is 11.1 Å². The van der Waals surface area contributed by atoms with Crippen LogP contribution in [0.4, 0.5) is 4.39 Å². The zero-order valence-corrected chi connectivity index (χ0v) is 12.6. The maximum atomic E-state index is 13.8. The number of aliphatic carboxylic acids is 1. The van der Waals surface area contributed by atoms with Crippen LogP contribution in [0, 0.1) is 19.7 Å². The predicted molar refractivity (Wildman–Crippen MR) is 79.3 cm³/mol. The molecule has 2 rings (SSSR count). The lowest BCUT2D eigenvalue weighted by Crippen LogP contribution is -2.42. The normalized spacial score (nSPS) is 12.0. The van der Waals surface area contributed by atoms with E-state index in [-0.39, 0.29) is 12.1 Å². The molecule has 1 aromatic carbocycles. The molecule has 0 saturated carbocycles. The van der Waals surface area contributed by atoms with Gasteiger partial charge in [-0.1, -0.05) is 5.16 Å². The second kappa shape index (κ2) is 6.57. The summed E-state index contributed by atoms with van der Waals surface area (Å²) >= 11 is 0. The number of aromatic nitrogens is 1. The first-order valence-corrected chi connectivity index (χ1v) is 6.80. The third kappa shape index (κ3) is 3.72. The minimum absolute atomic E-state index is 0.0533. The van der Waals surface area contributed by atoms with E-state index in [4.69, 9.17) is 15.4 Å². The summed E-state index contributed by atoms with van der Waals surface area (Å²) in [7, 11) is 0. The molecule has 0 spiro atoms. The maximum Gasteiger partial charge on any atom is 0.322 e.